The number of ether oxygens (including phenoxy) is 1. The van der Waals surface area contributed by atoms with Gasteiger partial charge >= 0.3 is 0 Å². The Bertz CT molecular complexity index is 480. The number of likely N-dealkylation sites (N-methyl/N-ethyl adjacent to an activating group) is 1. The molecule has 1 atom stereocenters. The molecule has 0 aliphatic heterocycles. The van der Waals surface area contributed by atoms with E-state index in [2.05, 4.69) is 6.92 Å². The van der Waals surface area contributed by atoms with Crippen molar-refractivity contribution in [2.24, 2.45) is 0 Å². The number of carbonyl (C=O) groups is 1. The lowest BCUT2D eigenvalue weighted by atomic mass is 10.0. The van der Waals surface area contributed by atoms with Gasteiger partial charge < -0.3 is 24.2 Å². The zero-order valence-corrected chi connectivity index (χ0v) is 20.0. The molecule has 0 bridgehead atoms. The number of quaternary nitrogens is 1. The maximum atomic E-state index is 10.9. The summed E-state index contributed by atoms with van der Waals surface area (Å²) in [5.41, 5.74) is 0. The molecule has 30 heavy (non-hydrogen) atoms. The molecular weight excluding hydrogens is 378 g/mol. The second kappa shape index (κ2) is 18.3. The first-order valence-corrected chi connectivity index (χ1v) is 12.0. The average Bonchev–Trinajstić information content (AvgIpc) is 2.63. The number of aliphatic hydroxyl groups is 1. The van der Waals surface area contributed by atoms with E-state index >= 15 is 0 Å². The molecular formula is C25H47NO4. The van der Waals surface area contributed by atoms with Crippen LogP contribution < -0.4 is 5.11 Å². The summed E-state index contributed by atoms with van der Waals surface area (Å²) in [5, 5.41) is 20.8. The normalized spacial score (nSPS) is 13.7. The van der Waals surface area contributed by atoms with Gasteiger partial charge in [0.2, 0.25) is 0 Å². The van der Waals surface area contributed by atoms with Crippen molar-refractivity contribution in [2.75, 3.05) is 27.7 Å². The standard InChI is InChI=1S/C25H47NO4/c1-5-6-7-8-9-10-11-12-13-14-15-16-17-18-23(27)19-20-30-24(21-25(28)29)22-26(2,3)4/h18-20,24H,5-17,21-22H2,1-4H3,(H-,27,28,29). The van der Waals surface area contributed by atoms with Gasteiger partial charge in [-0.25, -0.2) is 0 Å². The molecule has 0 radical (unpaired) electrons. The van der Waals surface area contributed by atoms with E-state index in [4.69, 9.17) is 4.74 Å². The largest absolute Gasteiger partial charge is 0.550 e. The molecule has 0 heterocycles. The van der Waals surface area contributed by atoms with E-state index in [1.807, 2.05) is 21.1 Å². The number of carbonyl (C=O) groups excluding carboxylic acids is 1. The van der Waals surface area contributed by atoms with Gasteiger partial charge in [-0.05, 0) is 18.9 Å². The van der Waals surface area contributed by atoms with Crippen molar-refractivity contribution in [1.29, 1.82) is 0 Å². The number of aliphatic carboxylic acids is 1. The minimum atomic E-state index is -1.13. The maximum absolute atomic E-state index is 10.9. The predicted molar refractivity (Wildman–Crippen MR) is 123 cm³/mol. The van der Waals surface area contributed by atoms with Gasteiger partial charge in [0, 0.05) is 18.5 Å². The fourth-order valence-corrected chi connectivity index (χ4v) is 3.48. The van der Waals surface area contributed by atoms with Crippen LogP contribution in [0, 0.1) is 0 Å². The molecule has 176 valence electrons. The molecule has 5 nitrogen and oxygen atoms in total. The molecule has 1 N–H and O–H groups in total. The summed E-state index contributed by atoms with van der Waals surface area (Å²) >= 11 is 0. The van der Waals surface area contributed by atoms with Gasteiger partial charge in [0.25, 0.3) is 0 Å². The molecule has 0 aliphatic carbocycles. The van der Waals surface area contributed by atoms with Crippen LogP contribution in [0.1, 0.15) is 96.8 Å². The Kier molecular flexibility index (Phi) is 17.4. The Balaban J connectivity index is 3.80. The summed E-state index contributed by atoms with van der Waals surface area (Å²) in [4.78, 5) is 10.9. The molecule has 0 rings (SSSR count). The second-order valence-corrected chi connectivity index (χ2v) is 9.42. The number of allylic oxidation sites excluding steroid dienone is 2. The number of nitrogens with zero attached hydrogens (tertiary/aromatic N) is 1. The first kappa shape index (κ1) is 28.5. The Morgan fingerprint density at radius 3 is 1.90 bits per heavy atom. The summed E-state index contributed by atoms with van der Waals surface area (Å²) in [6, 6.07) is 0. The molecule has 0 aromatic carbocycles. The van der Waals surface area contributed by atoms with Crippen molar-refractivity contribution < 1.29 is 24.2 Å². The van der Waals surface area contributed by atoms with Crippen molar-refractivity contribution in [2.45, 2.75) is 103 Å². The minimum absolute atomic E-state index is 0.163. The highest BCUT2D eigenvalue weighted by molar-refractivity contribution is 5.64. The molecule has 0 fully saturated rings. The highest BCUT2D eigenvalue weighted by Gasteiger charge is 2.18. The van der Waals surface area contributed by atoms with Crippen LogP contribution in [-0.4, -0.2) is 49.4 Å². The molecule has 0 aromatic heterocycles. The van der Waals surface area contributed by atoms with Gasteiger partial charge in [-0.15, -0.1) is 0 Å². The van der Waals surface area contributed by atoms with Gasteiger partial charge in [-0.1, -0.05) is 77.6 Å². The smallest absolute Gasteiger partial charge is 0.152 e. The Labute approximate surface area is 185 Å². The fourth-order valence-electron chi connectivity index (χ4n) is 3.48. The second-order valence-electron chi connectivity index (χ2n) is 9.42. The van der Waals surface area contributed by atoms with Gasteiger partial charge in [0.15, 0.2) is 6.10 Å². The van der Waals surface area contributed by atoms with Crippen LogP contribution in [-0.2, 0) is 9.53 Å². The van der Waals surface area contributed by atoms with Crippen molar-refractivity contribution in [3.8, 4) is 0 Å². The molecule has 0 saturated heterocycles. The van der Waals surface area contributed by atoms with Crippen LogP contribution in [0.3, 0.4) is 0 Å². The summed E-state index contributed by atoms with van der Waals surface area (Å²) in [7, 11) is 5.92. The predicted octanol–water partition coefficient (Wildman–Crippen LogP) is 5.26. The van der Waals surface area contributed by atoms with Gasteiger partial charge in [-0.2, -0.15) is 0 Å². The van der Waals surface area contributed by atoms with E-state index in [9.17, 15) is 15.0 Å². The third kappa shape index (κ3) is 21.2. The number of carboxylic acids is 1. The highest BCUT2D eigenvalue weighted by atomic mass is 16.5. The van der Waals surface area contributed by atoms with E-state index < -0.39 is 12.1 Å². The minimum Gasteiger partial charge on any atom is -0.550 e. The Hall–Kier alpha value is -1.49. The zero-order valence-electron chi connectivity index (χ0n) is 20.0. The number of hydrogen-bond donors (Lipinski definition) is 1. The summed E-state index contributed by atoms with van der Waals surface area (Å²) in [5.74, 6) is -0.968. The quantitative estimate of drug-likeness (QED) is 0.125. The van der Waals surface area contributed by atoms with E-state index in [0.29, 0.717) is 11.0 Å². The number of unbranched alkanes of at least 4 members (excludes halogenated alkanes) is 12. The first-order chi connectivity index (χ1) is 14.2. The van der Waals surface area contributed by atoms with Crippen molar-refractivity contribution in [3.05, 3.63) is 24.2 Å². The van der Waals surface area contributed by atoms with Crippen LogP contribution in [0.4, 0.5) is 0 Å². The Morgan fingerprint density at radius 1 is 0.933 bits per heavy atom. The van der Waals surface area contributed by atoms with Crippen LogP contribution in [0.5, 0.6) is 0 Å². The maximum Gasteiger partial charge on any atom is 0.152 e. The number of aliphatic hydroxyl groups excluding tert-OH is 1. The molecule has 0 aromatic rings. The molecule has 0 saturated carbocycles. The number of hydrogen-bond acceptors (Lipinski definition) is 4. The van der Waals surface area contributed by atoms with Gasteiger partial charge in [0.1, 0.15) is 12.3 Å². The first-order valence-electron chi connectivity index (χ1n) is 12.0. The SMILES string of the molecule is CCCCCCCCCCCCCCC=C(O)C=COC(CC(=O)[O-])C[N+](C)(C)C. The average molecular weight is 426 g/mol. The van der Waals surface area contributed by atoms with E-state index in [-0.39, 0.29) is 12.2 Å². The van der Waals surface area contributed by atoms with E-state index in [0.717, 1.165) is 12.8 Å². The van der Waals surface area contributed by atoms with Crippen LogP contribution in [0.25, 0.3) is 0 Å². The third-order valence-electron chi connectivity index (χ3n) is 5.07. The summed E-state index contributed by atoms with van der Waals surface area (Å²) in [6.45, 7) is 2.80. The monoisotopic (exact) mass is 425 g/mol. The highest BCUT2D eigenvalue weighted by Crippen LogP contribution is 2.13. The van der Waals surface area contributed by atoms with Gasteiger partial charge in [0.05, 0.1) is 27.4 Å². The molecule has 0 spiro atoms. The lowest BCUT2D eigenvalue weighted by Gasteiger charge is -2.28. The van der Waals surface area contributed by atoms with Gasteiger partial charge in [-0.3, -0.25) is 0 Å². The van der Waals surface area contributed by atoms with Crippen LogP contribution >= 0.6 is 0 Å². The molecule has 0 aliphatic rings. The topological polar surface area (TPSA) is 69.6 Å². The fraction of sp³-hybridized carbons (Fsp3) is 0.800. The number of carboxylic acid groups (broad SMARTS) is 1. The van der Waals surface area contributed by atoms with E-state index in [1.165, 1.54) is 83.0 Å². The number of rotatable bonds is 20. The van der Waals surface area contributed by atoms with Crippen molar-refractivity contribution in [1.82, 2.24) is 0 Å². The summed E-state index contributed by atoms with van der Waals surface area (Å²) < 4.78 is 6.09. The molecule has 0 amide bonds. The molecule has 1 unspecified atom stereocenters. The van der Waals surface area contributed by atoms with Crippen molar-refractivity contribution >= 4 is 5.97 Å². The van der Waals surface area contributed by atoms with Crippen LogP contribution in [0.2, 0.25) is 0 Å². The lowest BCUT2D eigenvalue weighted by Crippen LogP contribution is -2.44. The Morgan fingerprint density at radius 2 is 1.43 bits per heavy atom. The zero-order chi connectivity index (χ0) is 22.7. The van der Waals surface area contributed by atoms with Crippen molar-refractivity contribution in [3.63, 3.8) is 0 Å². The van der Waals surface area contributed by atoms with E-state index in [1.54, 1.807) is 6.08 Å². The summed E-state index contributed by atoms with van der Waals surface area (Å²) in [6.07, 6.45) is 20.7. The third-order valence-corrected chi connectivity index (χ3v) is 5.07. The molecule has 5 heteroatoms. The lowest BCUT2D eigenvalue weighted by molar-refractivity contribution is -0.873. The van der Waals surface area contributed by atoms with Crippen LogP contribution in [0.15, 0.2) is 24.2 Å².